The van der Waals surface area contributed by atoms with E-state index in [1.807, 2.05) is 0 Å². The largest absolute Gasteiger partial charge is 0.396 e. The van der Waals surface area contributed by atoms with E-state index in [2.05, 4.69) is 5.32 Å². The van der Waals surface area contributed by atoms with Crippen LogP contribution in [0.3, 0.4) is 0 Å². The number of carbonyl (C=O) groups is 1. The summed E-state index contributed by atoms with van der Waals surface area (Å²) in [5, 5.41) is 3.08. The summed E-state index contributed by atoms with van der Waals surface area (Å²) >= 11 is 5.82. The summed E-state index contributed by atoms with van der Waals surface area (Å²) < 4.78 is 25.0. The smallest absolute Gasteiger partial charge is 0.253 e. The summed E-state index contributed by atoms with van der Waals surface area (Å²) in [5.74, 6) is -1.09. The second kappa shape index (κ2) is 6.63. The van der Waals surface area contributed by atoms with Crippen LogP contribution in [-0.4, -0.2) is 37.4 Å². The van der Waals surface area contributed by atoms with Crippen molar-refractivity contribution in [1.29, 1.82) is 0 Å². The zero-order valence-electron chi connectivity index (χ0n) is 12.7. The van der Waals surface area contributed by atoms with Gasteiger partial charge in [-0.25, -0.2) is 4.39 Å². The number of hydrogen-bond donors (Lipinski definition) is 2. The highest BCUT2D eigenvalue weighted by atomic mass is 35.5. The van der Waals surface area contributed by atoms with Crippen LogP contribution in [0.1, 0.15) is 36.0 Å². The standard InChI is InChI=1S/C16H20ClFN2O3/c17-10-7-12(14(19)13(18)8-10)15(21)20-11-1-4-23-16(9-11)2-5-22-6-3-16/h7-8,11H,1-6,9,19H2,(H,20,21). The summed E-state index contributed by atoms with van der Waals surface area (Å²) in [6.07, 6.45) is 3.10. The van der Waals surface area contributed by atoms with Crippen LogP contribution in [0.5, 0.6) is 0 Å². The van der Waals surface area contributed by atoms with Crippen molar-refractivity contribution in [1.82, 2.24) is 5.32 Å². The fraction of sp³-hybridized carbons (Fsp3) is 0.562. The number of benzene rings is 1. The van der Waals surface area contributed by atoms with E-state index in [0.717, 1.165) is 31.7 Å². The van der Waals surface area contributed by atoms with Crippen LogP contribution in [0.15, 0.2) is 12.1 Å². The predicted octanol–water partition coefficient (Wildman–Crippen LogP) is 2.52. The molecule has 126 valence electrons. The average Bonchev–Trinajstić information content (AvgIpc) is 2.51. The van der Waals surface area contributed by atoms with E-state index in [-0.39, 0.29) is 27.9 Å². The van der Waals surface area contributed by atoms with Crippen LogP contribution in [-0.2, 0) is 9.47 Å². The number of hydrogen-bond acceptors (Lipinski definition) is 4. The topological polar surface area (TPSA) is 73.6 Å². The number of anilines is 1. The highest BCUT2D eigenvalue weighted by Crippen LogP contribution is 2.34. The number of nitrogens with two attached hydrogens (primary N) is 1. The normalized spacial score (nSPS) is 23.7. The molecule has 1 aromatic carbocycles. The van der Waals surface area contributed by atoms with Crippen LogP contribution >= 0.6 is 11.6 Å². The van der Waals surface area contributed by atoms with Gasteiger partial charge in [0.25, 0.3) is 5.91 Å². The maximum Gasteiger partial charge on any atom is 0.253 e. The van der Waals surface area contributed by atoms with Crippen LogP contribution in [0.2, 0.25) is 5.02 Å². The van der Waals surface area contributed by atoms with E-state index in [1.165, 1.54) is 6.07 Å². The molecule has 2 aliphatic heterocycles. The first kappa shape index (κ1) is 16.5. The fourth-order valence-electron chi connectivity index (χ4n) is 3.28. The Balaban J connectivity index is 1.70. The zero-order chi connectivity index (χ0) is 16.4. The first-order chi connectivity index (χ1) is 11.0. The summed E-state index contributed by atoms with van der Waals surface area (Å²) in [6, 6.07) is 2.45. The molecule has 1 spiro atoms. The quantitative estimate of drug-likeness (QED) is 0.810. The Morgan fingerprint density at radius 1 is 1.35 bits per heavy atom. The molecular weight excluding hydrogens is 323 g/mol. The molecule has 3 N–H and O–H groups in total. The summed E-state index contributed by atoms with van der Waals surface area (Å²) in [7, 11) is 0. The van der Waals surface area contributed by atoms with Gasteiger partial charge in [-0.3, -0.25) is 4.79 Å². The highest BCUT2D eigenvalue weighted by molar-refractivity contribution is 6.31. The van der Waals surface area contributed by atoms with Gasteiger partial charge in [0.15, 0.2) is 0 Å². The molecule has 0 saturated carbocycles. The van der Waals surface area contributed by atoms with E-state index in [1.54, 1.807) is 0 Å². The van der Waals surface area contributed by atoms with Crippen molar-refractivity contribution in [3.05, 3.63) is 28.5 Å². The van der Waals surface area contributed by atoms with Gasteiger partial charge < -0.3 is 20.5 Å². The van der Waals surface area contributed by atoms with E-state index in [4.69, 9.17) is 26.8 Å². The molecule has 0 aliphatic carbocycles. The third-order valence-corrected chi connectivity index (χ3v) is 4.79. The minimum absolute atomic E-state index is 0.0317. The van der Waals surface area contributed by atoms with Gasteiger partial charge in [-0.1, -0.05) is 11.6 Å². The van der Waals surface area contributed by atoms with Gasteiger partial charge in [-0.05, 0) is 37.8 Å². The number of nitrogens with one attached hydrogen (secondary N) is 1. The predicted molar refractivity (Wildman–Crippen MR) is 85.0 cm³/mol. The Bertz CT molecular complexity index is 600. The second-order valence-corrected chi connectivity index (χ2v) is 6.59. The Kier molecular flexibility index (Phi) is 4.75. The number of halogens is 2. The molecule has 5 nitrogen and oxygen atoms in total. The van der Waals surface area contributed by atoms with Crippen molar-refractivity contribution in [2.24, 2.45) is 0 Å². The lowest BCUT2D eigenvalue weighted by Gasteiger charge is -2.43. The molecule has 0 aromatic heterocycles. The summed E-state index contributed by atoms with van der Waals surface area (Å²) in [5.41, 5.74) is 5.33. The van der Waals surface area contributed by atoms with Crippen LogP contribution in [0, 0.1) is 5.82 Å². The summed E-state index contributed by atoms with van der Waals surface area (Å²) in [4.78, 5) is 12.4. The van der Waals surface area contributed by atoms with Gasteiger partial charge in [-0.15, -0.1) is 0 Å². The molecule has 2 heterocycles. The van der Waals surface area contributed by atoms with Crippen molar-refractivity contribution in [3.63, 3.8) is 0 Å². The molecule has 7 heteroatoms. The highest BCUT2D eigenvalue weighted by Gasteiger charge is 2.39. The van der Waals surface area contributed by atoms with E-state index in [9.17, 15) is 9.18 Å². The minimum atomic E-state index is -0.685. The Labute approximate surface area is 139 Å². The molecule has 2 fully saturated rings. The Morgan fingerprint density at radius 3 is 2.83 bits per heavy atom. The van der Waals surface area contributed by atoms with Crippen molar-refractivity contribution in [2.75, 3.05) is 25.6 Å². The van der Waals surface area contributed by atoms with Crippen molar-refractivity contribution in [2.45, 2.75) is 37.3 Å². The molecular formula is C16H20ClFN2O3. The van der Waals surface area contributed by atoms with Gasteiger partial charge in [0, 0.05) is 30.9 Å². The molecule has 1 atom stereocenters. The first-order valence-electron chi connectivity index (χ1n) is 7.76. The van der Waals surface area contributed by atoms with Crippen molar-refractivity contribution in [3.8, 4) is 0 Å². The lowest BCUT2D eigenvalue weighted by atomic mass is 9.84. The van der Waals surface area contributed by atoms with Gasteiger partial charge in [0.05, 0.1) is 16.9 Å². The van der Waals surface area contributed by atoms with Crippen LogP contribution in [0.25, 0.3) is 0 Å². The molecule has 1 unspecified atom stereocenters. The molecule has 23 heavy (non-hydrogen) atoms. The second-order valence-electron chi connectivity index (χ2n) is 6.16. The molecule has 1 amide bonds. The van der Waals surface area contributed by atoms with E-state index >= 15 is 0 Å². The molecule has 0 radical (unpaired) electrons. The SMILES string of the molecule is Nc1c(F)cc(Cl)cc1C(=O)NC1CCOC2(CCOCC2)C1. The third-order valence-electron chi connectivity index (χ3n) is 4.57. The first-order valence-corrected chi connectivity index (χ1v) is 8.14. The average molecular weight is 343 g/mol. The zero-order valence-corrected chi connectivity index (χ0v) is 13.5. The van der Waals surface area contributed by atoms with E-state index in [0.29, 0.717) is 19.8 Å². The number of amides is 1. The van der Waals surface area contributed by atoms with Gasteiger partial charge in [0.1, 0.15) is 5.82 Å². The Morgan fingerprint density at radius 2 is 2.09 bits per heavy atom. The monoisotopic (exact) mass is 342 g/mol. The van der Waals surface area contributed by atoms with Gasteiger partial charge in [-0.2, -0.15) is 0 Å². The van der Waals surface area contributed by atoms with Crippen molar-refractivity contribution >= 4 is 23.2 Å². The Hall–Kier alpha value is -1.37. The molecule has 1 aromatic rings. The number of carbonyl (C=O) groups excluding carboxylic acids is 1. The maximum atomic E-state index is 13.6. The summed E-state index contributed by atoms with van der Waals surface area (Å²) in [6.45, 7) is 1.94. The van der Waals surface area contributed by atoms with Gasteiger partial charge in [0.2, 0.25) is 0 Å². The third kappa shape index (κ3) is 3.59. The van der Waals surface area contributed by atoms with Crippen molar-refractivity contribution < 1.29 is 18.7 Å². The van der Waals surface area contributed by atoms with Crippen LogP contribution < -0.4 is 11.1 Å². The van der Waals surface area contributed by atoms with Crippen LogP contribution in [0.4, 0.5) is 10.1 Å². The molecule has 3 rings (SSSR count). The molecule has 2 saturated heterocycles. The molecule has 0 bridgehead atoms. The minimum Gasteiger partial charge on any atom is -0.396 e. The van der Waals surface area contributed by atoms with E-state index < -0.39 is 11.7 Å². The number of rotatable bonds is 2. The number of ether oxygens (including phenoxy) is 2. The molecule has 2 aliphatic rings. The maximum absolute atomic E-state index is 13.6. The van der Waals surface area contributed by atoms with Gasteiger partial charge >= 0.3 is 0 Å². The fourth-order valence-corrected chi connectivity index (χ4v) is 3.48. The lowest BCUT2D eigenvalue weighted by molar-refractivity contribution is -0.139. The lowest BCUT2D eigenvalue weighted by Crippen LogP contribution is -2.51. The number of nitrogen functional groups attached to an aromatic ring is 1.